The van der Waals surface area contributed by atoms with Crippen LogP contribution in [0.2, 0.25) is 0 Å². The Labute approximate surface area is 92.0 Å². The van der Waals surface area contributed by atoms with Gasteiger partial charge in [-0.3, -0.25) is 0 Å². The molecule has 0 bridgehead atoms. The molecule has 0 radical (unpaired) electrons. The number of rotatable bonds is 3. The minimum absolute atomic E-state index is 0.0408. The minimum Gasteiger partial charge on any atom is -0.335 e. The summed E-state index contributed by atoms with van der Waals surface area (Å²) in [6.45, 7) is 2.14. The van der Waals surface area contributed by atoms with Crippen LogP contribution in [0, 0.1) is 5.92 Å². The molecular weight excluding hydrogens is 188 g/mol. The minimum atomic E-state index is 0.0408. The average molecular weight is 210 g/mol. The third-order valence-corrected chi connectivity index (χ3v) is 3.91. The van der Waals surface area contributed by atoms with Crippen molar-refractivity contribution in [3.05, 3.63) is 0 Å². The average Bonchev–Trinajstić information content (AvgIpc) is 2.64. The first-order chi connectivity index (χ1) is 7.25. The first kappa shape index (κ1) is 10.8. The largest absolute Gasteiger partial charge is 0.335 e. The Bertz CT molecular complexity index is 220. The van der Waals surface area contributed by atoms with Crippen molar-refractivity contribution >= 4 is 6.03 Å². The van der Waals surface area contributed by atoms with E-state index in [-0.39, 0.29) is 6.03 Å². The Hall–Kier alpha value is -0.730. The predicted octanol–water partition coefficient (Wildman–Crippen LogP) is 2.42. The van der Waals surface area contributed by atoms with Gasteiger partial charge in [-0.25, -0.2) is 4.79 Å². The molecule has 1 unspecified atom stereocenters. The molecule has 2 amide bonds. The summed E-state index contributed by atoms with van der Waals surface area (Å²) in [5, 5.41) is 6.09. The van der Waals surface area contributed by atoms with E-state index in [0.717, 1.165) is 12.8 Å². The second-order valence-electron chi connectivity index (χ2n) is 5.08. The summed E-state index contributed by atoms with van der Waals surface area (Å²) in [6.07, 6.45) is 8.82. The molecule has 2 N–H and O–H groups in total. The highest BCUT2D eigenvalue weighted by Crippen LogP contribution is 2.27. The van der Waals surface area contributed by atoms with Crippen LogP contribution in [0.25, 0.3) is 0 Å². The number of nitrogens with one attached hydrogen (secondary N) is 2. The van der Waals surface area contributed by atoms with Crippen LogP contribution in [-0.4, -0.2) is 18.1 Å². The highest BCUT2D eigenvalue weighted by Gasteiger charge is 2.24. The second kappa shape index (κ2) is 4.86. The van der Waals surface area contributed by atoms with Gasteiger partial charge < -0.3 is 10.6 Å². The van der Waals surface area contributed by atoms with Crippen LogP contribution in [0.4, 0.5) is 4.79 Å². The van der Waals surface area contributed by atoms with Crippen molar-refractivity contribution in [2.24, 2.45) is 5.92 Å². The molecule has 2 saturated carbocycles. The number of carbonyl (C=O) groups excluding carboxylic acids is 1. The molecule has 3 nitrogen and oxygen atoms in total. The molecule has 2 fully saturated rings. The summed E-state index contributed by atoms with van der Waals surface area (Å²) in [4.78, 5) is 11.6. The maximum absolute atomic E-state index is 11.6. The van der Waals surface area contributed by atoms with Crippen molar-refractivity contribution in [3.8, 4) is 0 Å². The predicted molar refractivity (Wildman–Crippen MR) is 60.7 cm³/mol. The molecule has 2 aliphatic carbocycles. The van der Waals surface area contributed by atoms with Gasteiger partial charge in [0, 0.05) is 12.1 Å². The number of amides is 2. The van der Waals surface area contributed by atoms with E-state index >= 15 is 0 Å². The maximum atomic E-state index is 11.6. The van der Waals surface area contributed by atoms with Crippen LogP contribution in [0.1, 0.15) is 51.9 Å². The van der Waals surface area contributed by atoms with E-state index in [4.69, 9.17) is 0 Å². The Morgan fingerprint density at radius 3 is 2.33 bits per heavy atom. The standard InChI is InChI=1S/C12H22N2O/c1-9(10-5-2-3-6-10)13-12(15)14-11-7-4-8-11/h9-11H,2-8H2,1H3,(H2,13,14,15). The summed E-state index contributed by atoms with van der Waals surface area (Å²) in [7, 11) is 0. The normalized spacial score (nSPS) is 24.6. The first-order valence-electron chi connectivity index (χ1n) is 6.33. The Morgan fingerprint density at radius 1 is 1.13 bits per heavy atom. The zero-order valence-corrected chi connectivity index (χ0v) is 9.59. The van der Waals surface area contributed by atoms with Gasteiger partial charge in [0.15, 0.2) is 0 Å². The molecule has 86 valence electrons. The van der Waals surface area contributed by atoms with Crippen molar-refractivity contribution in [2.45, 2.75) is 64.0 Å². The molecule has 2 rings (SSSR count). The number of urea groups is 1. The molecule has 1 atom stereocenters. The Balaban J connectivity index is 1.67. The fraction of sp³-hybridized carbons (Fsp3) is 0.917. The molecule has 0 heterocycles. The highest BCUT2D eigenvalue weighted by molar-refractivity contribution is 5.74. The summed E-state index contributed by atoms with van der Waals surface area (Å²) < 4.78 is 0. The van der Waals surface area contributed by atoms with E-state index < -0.39 is 0 Å². The number of hydrogen-bond acceptors (Lipinski definition) is 1. The van der Waals surface area contributed by atoms with E-state index in [1.165, 1.54) is 32.1 Å². The summed E-state index contributed by atoms with van der Waals surface area (Å²) in [5.41, 5.74) is 0. The van der Waals surface area contributed by atoms with Crippen molar-refractivity contribution in [2.75, 3.05) is 0 Å². The molecule has 0 aromatic heterocycles. The monoisotopic (exact) mass is 210 g/mol. The van der Waals surface area contributed by atoms with Gasteiger partial charge in [-0.1, -0.05) is 12.8 Å². The van der Waals surface area contributed by atoms with E-state index in [1.807, 2.05) is 0 Å². The lowest BCUT2D eigenvalue weighted by Gasteiger charge is -2.28. The lowest BCUT2D eigenvalue weighted by molar-refractivity contribution is 0.220. The molecule has 15 heavy (non-hydrogen) atoms. The molecule has 0 saturated heterocycles. The van der Waals surface area contributed by atoms with Crippen LogP contribution in [0.3, 0.4) is 0 Å². The molecule has 0 aromatic rings. The van der Waals surface area contributed by atoms with Crippen molar-refractivity contribution < 1.29 is 4.79 Å². The lowest BCUT2D eigenvalue weighted by atomic mass is 9.93. The molecule has 0 aliphatic heterocycles. The smallest absolute Gasteiger partial charge is 0.315 e. The van der Waals surface area contributed by atoms with E-state index in [1.54, 1.807) is 0 Å². The third-order valence-electron chi connectivity index (χ3n) is 3.91. The SMILES string of the molecule is CC(NC(=O)NC1CCC1)C1CCCC1. The zero-order valence-electron chi connectivity index (χ0n) is 9.59. The van der Waals surface area contributed by atoms with Gasteiger partial charge >= 0.3 is 6.03 Å². The molecule has 0 aromatic carbocycles. The van der Waals surface area contributed by atoms with E-state index in [2.05, 4.69) is 17.6 Å². The van der Waals surface area contributed by atoms with Crippen LogP contribution >= 0.6 is 0 Å². The van der Waals surface area contributed by atoms with Crippen molar-refractivity contribution in [1.82, 2.24) is 10.6 Å². The lowest BCUT2D eigenvalue weighted by Crippen LogP contribution is -2.49. The number of carbonyl (C=O) groups is 1. The van der Waals surface area contributed by atoms with Crippen LogP contribution in [-0.2, 0) is 0 Å². The van der Waals surface area contributed by atoms with Gasteiger partial charge in [0.2, 0.25) is 0 Å². The van der Waals surface area contributed by atoms with Gasteiger partial charge in [-0.05, 0) is 44.9 Å². The maximum Gasteiger partial charge on any atom is 0.315 e. The topological polar surface area (TPSA) is 41.1 Å². The van der Waals surface area contributed by atoms with Crippen LogP contribution < -0.4 is 10.6 Å². The highest BCUT2D eigenvalue weighted by atomic mass is 16.2. The van der Waals surface area contributed by atoms with Gasteiger partial charge in [0.05, 0.1) is 0 Å². The summed E-state index contributed by atoms with van der Waals surface area (Å²) in [5.74, 6) is 0.706. The second-order valence-corrected chi connectivity index (χ2v) is 5.08. The summed E-state index contributed by atoms with van der Waals surface area (Å²) in [6, 6.07) is 0.826. The van der Waals surface area contributed by atoms with E-state index in [0.29, 0.717) is 18.0 Å². The first-order valence-corrected chi connectivity index (χ1v) is 6.33. The third kappa shape index (κ3) is 2.86. The van der Waals surface area contributed by atoms with Gasteiger partial charge in [0.25, 0.3) is 0 Å². The Kier molecular flexibility index (Phi) is 3.49. The molecule has 3 heteroatoms. The molecule has 2 aliphatic rings. The summed E-state index contributed by atoms with van der Waals surface area (Å²) >= 11 is 0. The fourth-order valence-electron chi connectivity index (χ4n) is 2.56. The van der Waals surface area contributed by atoms with Crippen LogP contribution in [0.15, 0.2) is 0 Å². The quantitative estimate of drug-likeness (QED) is 0.738. The molecular formula is C12H22N2O. The van der Waals surface area contributed by atoms with Crippen molar-refractivity contribution in [1.29, 1.82) is 0 Å². The van der Waals surface area contributed by atoms with Crippen LogP contribution in [0.5, 0.6) is 0 Å². The van der Waals surface area contributed by atoms with Gasteiger partial charge in [-0.2, -0.15) is 0 Å². The number of hydrogen-bond donors (Lipinski definition) is 2. The van der Waals surface area contributed by atoms with E-state index in [9.17, 15) is 4.79 Å². The van der Waals surface area contributed by atoms with Gasteiger partial charge in [0.1, 0.15) is 0 Å². The zero-order chi connectivity index (χ0) is 10.7. The fourth-order valence-corrected chi connectivity index (χ4v) is 2.56. The Morgan fingerprint density at radius 2 is 1.80 bits per heavy atom. The molecule has 0 spiro atoms. The van der Waals surface area contributed by atoms with Gasteiger partial charge in [-0.15, -0.1) is 0 Å². The van der Waals surface area contributed by atoms with Crippen molar-refractivity contribution in [3.63, 3.8) is 0 Å².